The molecule has 0 radical (unpaired) electrons. The van der Waals surface area contributed by atoms with Gasteiger partial charge in [-0.2, -0.15) is 0 Å². The molecule has 0 saturated heterocycles. The lowest BCUT2D eigenvalue weighted by atomic mass is 10.0. The first-order chi connectivity index (χ1) is 20.5. The molecule has 0 aromatic heterocycles. The van der Waals surface area contributed by atoms with E-state index in [9.17, 15) is 0 Å². The van der Waals surface area contributed by atoms with Crippen LogP contribution in [0.15, 0.2) is 90.4 Å². The van der Waals surface area contributed by atoms with E-state index in [4.69, 9.17) is 4.99 Å². The molecular weight excluding hydrogens is 524 g/mol. The summed E-state index contributed by atoms with van der Waals surface area (Å²) < 4.78 is 0. The molecule has 0 atom stereocenters. The Balaban J connectivity index is 0.000000253. The summed E-state index contributed by atoms with van der Waals surface area (Å²) in [5.74, 6) is 0.736. The maximum atomic E-state index is 4.73. The van der Waals surface area contributed by atoms with E-state index in [2.05, 4.69) is 125 Å². The highest BCUT2D eigenvalue weighted by molar-refractivity contribution is 5.93. The Hall–Kier alpha value is -3.53. The Morgan fingerprint density at radius 3 is 2.02 bits per heavy atom. The summed E-state index contributed by atoms with van der Waals surface area (Å²) >= 11 is 0. The van der Waals surface area contributed by atoms with E-state index in [0.717, 1.165) is 52.8 Å². The van der Waals surface area contributed by atoms with Crippen molar-refractivity contribution in [2.24, 2.45) is 10.9 Å². The lowest BCUT2D eigenvalue weighted by Crippen LogP contribution is -2.25. The van der Waals surface area contributed by atoms with Crippen LogP contribution in [0.1, 0.15) is 89.8 Å². The van der Waals surface area contributed by atoms with Crippen LogP contribution >= 0.6 is 0 Å². The second kappa shape index (κ2) is 18.2. The van der Waals surface area contributed by atoms with Gasteiger partial charge in [-0.15, -0.1) is 0 Å². The number of allylic oxidation sites excluding steroid dienone is 3. The SMILES string of the molecule is C=C(C)N(C)CCC.C=C(Nc1cc(C(=C)C)ccc1C)C1=CCC(C2CC2)=N1.CCCN(CCC)c1ccccc1C. The van der Waals surface area contributed by atoms with Gasteiger partial charge in [0.05, 0.1) is 11.4 Å². The van der Waals surface area contributed by atoms with Gasteiger partial charge < -0.3 is 15.1 Å². The zero-order chi connectivity index (χ0) is 31.9. The third-order valence-electron chi connectivity index (χ3n) is 7.80. The summed E-state index contributed by atoms with van der Waals surface area (Å²) in [4.78, 5) is 9.37. The number of nitrogens with one attached hydrogen (secondary N) is 1. The van der Waals surface area contributed by atoms with Crippen molar-refractivity contribution in [2.75, 3.05) is 36.9 Å². The first-order valence-electron chi connectivity index (χ1n) is 16.2. The van der Waals surface area contributed by atoms with Gasteiger partial charge >= 0.3 is 0 Å². The highest BCUT2D eigenvalue weighted by atomic mass is 15.1. The molecule has 1 aliphatic heterocycles. The molecule has 1 heterocycles. The summed E-state index contributed by atoms with van der Waals surface area (Å²) in [7, 11) is 2.06. The molecule has 1 aliphatic carbocycles. The fraction of sp³-hybridized carbons (Fsp3) is 0.462. The molecule has 0 spiro atoms. The number of benzene rings is 2. The van der Waals surface area contributed by atoms with Crippen LogP contribution in [0.3, 0.4) is 0 Å². The Bertz CT molecular complexity index is 1270. The van der Waals surface area contributed by atoms with Crippen LogP contribution in [-0.2, 0) is 0 Å². The van der Waals surface area contributed by atoms with Gasteiger partial charge in [-0.3, -0.25) is 4.99 Å². The van der Waals surface area contributed by atoms with E-state index in [0.29, 0.717) is 0 Å². The molecule has 0 unspecified atom stereocenters. The highest BCUT2D eigenvalue weighted by Crippen LogP contribution is 2.36. The minimum absolute atomic E-state index is 0.736. The van der Waals surface area contributed by atoms with Crippen molar-refractivity contribution in [3.63, 3.8) is 0 Å². The van der Waals surface area contributed by atoms with Gasteiger partial charge in [0.25, 0.3) is 0 Å². The number of hydrogen-bond acceptors (Lipinski definition) is 4. The van der Waals surface area contributed by atoms with Gasteiger partial charge in [0.2, 0.25) is 0 Å². The molecule has 4 nitrogen and oxygen atoms in total. The normalized spacial score (nSPS) is 13.4. The maximum Gasteiger partial charge on any atom is 0.0821 e. The average Bonchev–Trinajstić information content (AvgIpc) is 3.71. The van der Waals surface area contributed by atoms with Crippen LogP contribution in [0.25, 0.3) is 5.57 Å². The number of nitrogens with zero attached hydrogens (tertiary/aromatic N) is 3. The van der Waals surface area contributed by atoms with Gasteiger partial charge in [-0.1, -0.05) is 82.5 Å². The van der Waals surface area contributed by atoms with Crippen molar-refractivity contribution >= 4 is 22.7 Å². The Morgan fingerprint density at radius 2 is 1.51 bits per heavy atom. The van der Waals surface area contributed by atoms with E-state index < -0.39 is 0 Å². The van der Waals surface area contributed by atoms with E-state index >= 15 is 0 Å². The largest absolute Gasteiger partial charge is 0.379 e. The molecule has 234 valence electrons. The van der Waals surface area contributed by atoms with E-state index in [1.54, 1.807) is 0 Å². The van der Waals surface area contributed by atoms with Crippen molar-refractivity contribution in [1.82, 2.24) is 4.90 Å². The fourth-order valence-electron chi connectivity index (χ4n) is 4.90. The van der Waals surface area contributed by atoms with Crippen molar-refractivity contribution in [3.8, 4) is 0 Å². The third kappa shape index (κ3) is 11.9. The lowest BCUT2D eigenvalue weighted by Gasteiger charge is -2.25. The predicted molar refractivity (Wildman–Crippen MR) is 193 cm³/mol. The number of aliphatic imine (C=N–C) groups is 1. The molecular formula is C39H58N4. The summed E-state index contributed by atoms with van der Waals surface area (Å²) in [5, 5.41) is 3.42. The van der Waals surface area contributed by atoms with Crippen molar-refractivity contribution < 1.29 is 0 Å². The highest BCUT2D eigenvalue weighted by Gasteiger charge is 2.29. The summed E-state index contributed by atoms with van der Waals surface area (Å²) in [6, 6.07) is 15.0. The lowest BCUT2D eigenvalue weighted by molar-refractivity contribution is 0.420. The molecule has 1 saturated carbocycles. The second-order valence-corrected chi connectivity index (χ2v) is 12.0. The monoisotopic (exact) mass is 582 g/mol. The van der Waals surface area contributed by atoms with E-state index in [1.807, 2.05) is 13.8 Å². The maximum absolute atomic E-state index is 4.73. The molecule has 0 amide bonds. The smallest absolute Gasteiger partial charge is 0.0821 e. The standard InChI is InChI=1S/C19H22N2.C13H21N.C7H15N/c1-12(2)16-6-5-13(3)19(11-16)20-14(4)17-9-10-18(21-17)15-7-8-15;1-4-10-14(11-5-2)13-9-7-6-8-12(13)3;1-5-6-8(4)7(2)3/h5-6,9,11,15,20H,1,4,7-8,10H2,2-3H3;6-9H,4-5,10-11H2,1-3H3;2,5-6H2,1,3-4H3. The van der Waals surface area contributed by atoms with Gasteiger partial charge in [0.1, 0.15) is 0 Å². The first kappa shape index (κ1) is 35.7. The van der Waals surface area contributed by atoms with E-state index in [-0.39, 0.29) is 0 Å². The molecule has 2 aromatic carbocycles. The van der Waals surface area contributed by atoms with Crippen molar-refractivity contribution in [1.29, 1.82) is 0 Å². The van der Waals surface area contributed by atoms with Gasteiger partial charge in [0, 0.05) is 55.9 Å². The molecule has 2 aromatic rings. The number of aryl methyl sites for hydroxylation is 2. The van der Waals surface area contributed by atoms with Gasteiger partial charge in [-0.25, -0.2) is 0 Å². The zero-order valence-corrected chi connectivity index (χ0v) is 28.5. The fourth-order valence-corrected chi connectivity index (χ4v) is 4.90. The third-order valence-corrected chi connectivity index (χ3v) is 7.80. The topological polar surface area (TPSA) is 30.9 Å². The zero-order valence-electron chi connectivity index (χ0n) is 28.5. The summed E-state index contributed by atoms with van der Waals surface area (Å²) in [6.07, 6.45) is 9.41. The molecule has 1 N–H and O–H groups in total. The molecule has 4 heteroatoms. The van der Waals surface area contributed by atoms with Crippen LogP contribution < -0.4 is 10.2 Å². The van der Waals surface area contributed by atoms with Crippen molar-refractivity contribution in [3.05, 3.63) is 102 Å². The number of rotatable bonds is 13. The summed E-state index contributed by atoms with van der Waals surface area (Å²) in [6.45, 7) is 30.4. The van der Waals surface area contributed by atoms with E-state index in [1.165, 1.54) is 67.7 Å². The predicted octanol–water partition coefficient (Wildman–Crippen LogP) is 10.6. The van der Waals surface area contributed by atoms with Gasteiger partial charge in [-0.05, 0) is 94.5 Å². The Morgan fingerprint density at radius 1 is 0.884 bits per heavy atom. The average molecular weight is 583 g/mol. The molecule has 1 fully saturated rings. The molecule has 2 aliphatic rings. The van der Waals surface area contributed by atoms with Crippen LogP contribution in [0.2, 0.25) is 0 Å². The Labute approximate surface area is 264 Å². The van der Waals surface area contributed by atoms with Crippen LogP contribution in [-0.4, -0.2) is 37.3 Å². The van der Waals surface area contributed by atoms with Crippen LogP contribution in [0.4, 0.5) is 11.4 Å². The van der Waals surface area contributed by atoms with Crippen LogP contribution in [0.5, 0.6) is 0 Å². The molecule has 0 bridgehead atoms. The summed E-state index contributed by atoms with van der Waals surface area (Å²) in [5.41, 5.74) is 11.6. The minimum Gasteiger partial charge on any atom is -0.379 e. The number of hydrogen-bond donors (Lipinski definition) is 1. The van der Waals surface area contributed by atoms with Crippen LogP contribution in [0, 0.1) is 19.8 Å². The first-order valence-corrected chi connectivity index (χ1v) is 16.2. The quantitative estimate of drug-likeness (QED) is 0.255. The second-order valence-electron chi connectivity index (χ2n) is 12.0. The number of anilines is 2. The molecule has 43 heavy (non-hydrogen) atoms. The Kier molecular flexibility index (Phi) is 15.1. The van der Waals surface area contributed by atoms with Gasteiger partial charge in [0.15, 0.2) is 0 Å². The minimum atomic E-state index is 0.736. The molecule has 4 rings (SSSR count). The van der Waals surface area contributed by atoms with Crippen molar-refractivity contribution in [2.45, 2.75) is 87.0 Å². The number of para-hydroxylation sites is 1.